The lowest BCUT2D eigenvalue weighted by Crippen LogP contribution is -2.60. The van der Waals surface area contributed by atoms with Gasteiger partial charge in [-0.2, -0.15) is 0 Å². The number of benzene rings is 1. The molecule has 1 spiro atoms. The average Bonchev–Trinajstić information content (AvgIpc) is 3.65. The van der Waals surface area contributed by atoms with Crippen LogP contribution in [0.3, 0.4) is 0 Å². The fourth-order valence-corrected chi connectivity index (χ4v) is 7.26. The van der Waals surface area contributed by atoms with Crippen molar-refractivity contribution in [2.75, 3.05) is 26.9 Å². The Morgan fingerprint density at radius 3 is 2.44 bits per heavy atom. The molecular weight excluding hydrogens is 578 g/mol. The van der Waals surface area contributed by atoms with Crippen molar-refractivity contribution in [3.05, 3.63) is 60.2 Å². The van der Waals surface area contributed by atoms with Crippen LogP contribution in [0.1, 0.15) is 52.2 Å². The van der Waals surface area contributed by atoms with Crippen LogP contribution in [-0.4, -0.2) is 101 Å². The molecule has 2 N–H and O–H groups in total. The molecule has 3 amide bonds. The lowest BCUT2D eigenvalue weighted by Gasteiger charge is -2.41. The Morgan fingerprint density at radius 1 is 1.07 bits per heavy atom. The highest BCUT2D eigenvalue weighted by Crippen LogP contribution is 2.56. The van der Waals surface area contributed by atoms with Crippen molar-refractivity contribution in [3.63, 3.8) is 0 Å². The van der Waals surface area contributed by atoms with E-state index in [2.05, 4.69) is 5.32 Å². The molecule has 5 rings (SSSR count). The first-order chi connectivity index (χ1) is 21.5. The van der Waals surface area contributed by atoms with Gasteiger partial charge in [-0.1, -0.05) is 68.5 Å². The van der Waals surface area contributed by atoms with Crippen molar-refractivity contribution >= 4 is 23.7 Å². The Kier molecular flexibility index (Phi) is 9.81. The van der Waals surface area contributed by atoms with Crippen molar-refractivity contribution in [1.29, 1.82) is 0 Å². The molecule has 0 radical (unpaired) electrons. The number of ether oxygens (including phenoxy) is 3. The number of fused-ring (bicyclic) bond motifs is 2. The van der Waals surface area contributed by atoms with E-state index in [4.69, 9.17) is 14.2 Å². The second-order valence-electron chi connectivity index (χ2n) is 12.9. The summed E-state index contributed by atoms with van der Waals surface area (Å²) in [6.07, 6.45) is 6.11. The number of hydrogen-bond donors (Lipinski definition) is 2. The quantitative estimate of drug-likeness (QED) is 0.349. The zero-order valence-corrected chi connectivity index (χ0v) is 26.6. The molecular formula is C34H45N3O8. The molecule has 8 atom stereocenters. The fourth-order valence-electron chi connectivity index (χ4n) is 7.26. The minimum absolute atomic E-state index is 0.0749. The summed E-state index contributed by atoms with van der Waals surface area (Å²) in [5.41, 5.74) is -0.751. The number of aliphatic hydroxyl groups excluding tert-OH is 1. The molecule has 0 aromatic heterocycles. The summed E-state index contributed by atoms with van der Waals surface area (Å²) in [5.74, 6) is -3.91. The second-order valence-corrected chi connectivity index (χ2v) is 12.9. The van der Waals surface area contributed by atoms with Crippen LogP contribution in [0.5, 0.6) is 0 Å². The van der Waals surface area contributed by atoms with E-state index in [1.54, 1.807) is 17.1 Å². The van der Waals surface area contributed by atoms with E-state index in [9.17, 15) is 24.3 Å². The number of amides is 3. The number of hydrogen-bond acceptors (Lipinski definition) is 8. The standard InChI is InChI=1S/C34H45N3O8/c1-20(2)24(18-38)37-30-32(41)36(21(3)4)17-11-7-10-14-26(39)35-23(19-43-5)29(22-12-8-6-9-13-22)44-33(42)27-25-15-16-34(30,45-25)28(27)31(37)40/h6-9,11-13,15-16,20-21,23-25,27-30,38H,10,14,17-19H2,1-5H3,(H,35,39)/b11-7-/t23-,24+,25+,27-,28-,29-,30+,34-/m1/s1. The third kappa shape index (κ3) is 5.93. The predicted octanol–water partition coefficient (Wildman–Crippen LogP) is 2.16. The van der Waals surface area contributed by atoms with Gasteiger partial charge in [-0.3, -0.25) is 19.2 Å². The van der Waals surface area contributed by atoms with Crippen molar-refractivity contribution < 1.29 is 38.5 Å². The van der Waals surface area contributed by atoms with Crippen molar-refractivity contribution in [1.82, 2.24) is 15.1 Å². The summed E-state index contributed by atoms with van der Waals surface area (Å²) in [4.78, 5) is 59.5. The van der Waals surface area contributed by atoms with Gasteiger partial charge in [0.2, 0.25) is 17.7 Å². The third-order valence-corrected chi connectivity index (χ3v) is 9.47. The number of aliphatic hydroxyl groups is 1. The van der Waals surface area contributed by atoms with Crippen molar-refractivity contribution in [2.45, 2.75) is 82.5 Å². The number of nitrogens with one attached hydrogen (secondary N) is 1. The Bertz CT molecular complexity index is 1330. The SMILES string of the molecule is COC[C@H]1NC(=O)CC/C=C\CN(C(C)C)C(=O)[C@@H]2N([C@@H](CO)C(C)C)C(=O)[C@H]3[C@H](C(=O)O[C@@H]1c1ccccc1)[C@@H]1C=C[C@]23O1. The van der Waals surface area contributed by atoms with Gasteiger partial charge in [0.25, 0.3) is 0 Å². The lowest BCUT2D eigenvalue weighted by atomic mass is 9.74. The number of cyclic esters (lactones) is 1. The highest BCUT2D eigenvalue weighted by molar-refractivity contribution is 5.99. The minimum Gasteiger partial charge on any atom is -0.455 e. The van der Waals surface area contributed by atoms with E-state index in [1.165, 1.54) is 12.0 Å². The summed E-state index contributed by atoms with van der Waals surface area (Å²) in [7, 11) is 1.51. The highest BCUT2D eigenvalue weighted by atomic mass is 16.6. The van der Waals surface area contributed by atoms with Gasteiger partial charge >= 0.3 is 5.97 Å². The topological polar surface area (TPSA) is 135 Å². The van der Waals surface area contributed by atoms with E-state index in [1.807, 2.05) is 70.2 Å². The molecule has 4 aliphatic heterocycles. The van der Waals surface area contributed by atoms with Crippen LogP contribution in [0.4, 0.5) is 0 Å². The van der Waals surface area contributed by atoms with Crippen LogP contribution < -0.4 is 5.32 Å². The first-order valence-corrected chi connectivity index (χ1v) is 15.8. The number of nitrogens with zero attached hydrogens (tertiary/aromatic N) is 2. The van der Waals surface area contributed by atoms with E-state index >= 15 is 0 Å². The summed E-state index contributed by atoms with van der Waals surface area (Å²) in [5, 5.41) is 13.5. The Labute approximate surface area is 264 Å². The van der Waals surface area contributed by atoms with Crippen LogP contribution in [0.25, 0.3) is 0 Å². The molecule has 0 unspecified atom stereocenters. The van der Waals surface area contributed by atoms with E-state index in [0.29, 0.717) is 12.0 Å². The predicted molar refractivity (Wildman–Crippen MR) is 164 cm³/mol. The van der Waals surface area contributed by atoms with Gasteiger partial charge in [0.05, 0.1) is 37.3 Å². The maximum atomic E-state index is 14.6. The monoisotopic (exact) mass is 623 g/mol. The molecule has 0 saturated carbocycles. The molecule has 4 aliphatic rings. The molecule has 0 aliphatic carbocycles. The molecule has 45 heavy (non-hydrogen) atoms. The smallest absolute Gasteiger partial charge is 0.313 e. The van der Waals surface area contributed by atoms with Gasteiger partial charge in [0.15, 0.2) is 0 Å². The van der Waals surface area contributed by atoms with Crippen LogP contribution in [0, 0.1) is 17.8 Å². The third-order valence-electron chi connectivity index (χ3n) is 9.47. The molecule has 1 aromatic carbocycles. The van der Waals surface area contributed by atoms with Gasteiger partial charge in [0, 0.05) is 26.1 Å². The fraction of sp³-hybridized carbons (Fsp3) is 0.588. The Hall–Kier alpha value is -3.54. The number of allylic oxidation sites excluding steroid dienone is 1. The second kappa shape index (κ2) is 13.4. The summed E-state index contributed by atoms with van der Waals surface area (Å²) in [6.45, 7) is 7.54. The maximum Gasteiger partial charge on any atom is 0.313 e. The van der Waals surface area contributed by atoms with E-state index in [-0.39, 0.29) is 50.0 Å². The number of methoxy groups -OCH3 is 1. The summed E-state index contributed by atoms with van der Waals surface area (Å²) in [6, 6.07) is 6.39. The Balaban J connectivity index is 1.63. The van der Waals surface area contributed by atoms with Gasteiger partial charge in [-0.05, 0) is 31.7 Å². The van der Waals surface area contributed by atoms with Crippen LogP contribution in [-0.2, 0) is 33.4 Å². The minimum atomic E-state index is -1.40. The van der Waals surface area contributed by atoms with E-state index < -0.39 is 59.6 Å². The summed E-state index contributed by atoms with van der Waals surface area (Å²) >= 11 is 0. The Morgan fingerprint density at radius 2 is 1.80 bits per heavy atom. The van der Waals surface area contributed by atoms with Gasteiger partial charge in [-0.15, -0.1) is 0 Å². The molecule has 2 saturated heterocycles. The van der Waals surface area contributed by atoms with Crippen molar-refractivity contribution in [3.8, 4) is 0 Å². The number of carbonyl (C=O) groups excluding carboxylic acids is 4. The first kappa shape index (κ1) is 32.8. The molecule has 2 fully saturated rings. The molecule has 244 valence electrons. The van der Waals surface area contributed by atoms with Crippen molar-refractivity contribution in [2.24, 2.45) is 17.8 Å². The van der Waals surface area contributed by atoms with Crippen LogP contribution >= 0.6 is 0 Å². The van der Waals surface area contributed by atoms with E-state index in [0.717, 1.165) is 0 Å². The normalized spacial score (nSPS) is 33.5. The molecule has 11 heteroatoms. The lowest BCUT2D eigenvalue weighted by molar-refractivity contribution is -0.163. The van der Waals surface area contributed by atoms with Gasteiger partial charge < -0.3 is 34.4 Å². The molecule has 5 bridgehead atoms. The number of rotatable bonds is 7. The number of carbonyl (C=O) groups is 4. The van der Waals surface area contributed by atoms with Gasteiger partial charge in [0.1, 0.15) is 23.7 Å². The molecule has 1 aromatic rings. The zero-order chi connectivity index (χ0) is 32.5. The summed E-state index contributed by atoms with van der Waals surface area (Å²) < 4.78 is 18.2. The van der Waals surface area contributed by atoms with Crippen LogP contribution in [0.2, 0.25) is 0 Å². The number of esters is 1. The maximum absolute atomic E-state index is 14.6. The van der Waals surface area contributed by atoms with Crippen LogP contribution in [0.15, 0.2) is 54.6 Å². The zero-order valence-electron chi connectivity index (χ0n) is 26.6. The van der Waals surface area contributed by atoms with Gasteiger partial charge in [-0.25, -0.2) is 0 Å². The largest absolute Gasteiger partial charge is 0.455 e. The average molecular weight is 624 g/mol. The highest BCUT2D eigenvalue weighted by Gasteiger charge is 2.74. The molecule has 11 nitrogen and oxygen atoms in total. The first-order valence-electron chi connectivity index (χ1n) is 15.8. The number of likely N-dealkylation sites (tertiary alicyclic amines) is 1. The molecule has 4 heterocycles.